The third-order valence-electron chi connectivity index (χ3n) is 3.62. The lowest BCUT2D eigenvalue weighted by Gasteiger charge is -2.09. The van der Waals surface area contributed by atoms with Crippen LogP contribution in [0.1, 0.15) is 16.1 Å². The van der Waals surface area contributed by atoms with Crippen molar-refractivity contribution in [3.8, 4) is 5.75 Å². The second-order valence-corrected chi connectivity index (χ2v) is 5.29. The Hall–Kier alpha value is -3.08. The second kappa shape index (κ2) is 5.96. The van der Waals surface area contributed by atoms with Gasteiger partial charge in [0.15, 0.2) is 5.69 Å². The highest BCUT2D eigenvalue weighted by Crippen LogP contribution is 2.28. The topological polar surface area (TPSA) is 72.7 Å². The Morgan fingerprint density at radius 2 is 1.87 bits per heavy atom. The number of nitrogens with one attached hydrogen (secondary N) is 2. The van der Waals surface area contributed by atoms with Crippen molar-refractivity contribution in [2.24, 2.45) is 0 Å². The lowest BCUT2D eigenvalue weighted by atomic mass is 10.1. The average Bonchev–Trinajstić information content (AvgIpc) is 2.55. The third kappa shape index (κ3) is 3.08. The van der Waals surface area contributed by atoms with Crippen molar-refractivity contribution in [3.05, 3.63) is 59.8 Å². The number of carboxylic acids is 1. The van der Waals surface area contributed by atoms with Crippen molar-refractivity contribution in [2.45, 2.75) is 6.92 Å². The van der Waals surface area contributed by atoms with E-state index in [0.717, 1.165) is 33.7 Å². The summed E-state index contributed by atoms with van der Waals surface area (Å²) >= 11 is 0. The Kier molecular flexibility index (Phi) is 3.85. The molecule has 0 atom stereocenters. The second-order valence-electron chi connectivity index (χ2n) is 5.29. The molecular formula is C18H17N2O3+. The first kappa shape index (κ1) is 14.8. The summed E-state index contributed by atoms with van der Waals surface area (Å²) in [5.41, 5.74) is 4.03. The number of methoxy groups -OCH3 is 1. The van der Waals surface area contributed by atoms with Crippen molar-refractivity contribution < 1.29 is 19.6 Å². The molecule has 3 aromatic rings. The molecule has 3 rings (SSSR count). The largest absolute Gasteiger partial charge is 0.497 e. The van der Waals surface area contributed by atoms with Crippen molar-refractivity contribution in [1.82, 2.24) is 0 Å². The van der Waals surface area contributed by atoms with E-state index < -0.39 is 5.97 Å². The fourth-order valence-corrected chi connectivity index (χ4v) is 2.48. The van der Waals surface area contributed by atoms with Crippen LogP contribution < -0.4 is 15.0 Å². The summed E-state index contributed by atoms with van der Waals surface area (Å²) in [6.45, 7) is 1.99. The molecule has 0 unspecified atom stereocenters. The number of aromatic carboxylic acids is 1. The fourth-order valence-electron chi connectivity index (χ4n) is 2.48. The number of fused-ring (bicyclic) bond motifs is 1. The van der Waals surface area contributed by atoms with Crippen LogP contribution in [0, 0.1) is 6.92 Å². The molecule has 3 N–H and O–H groups in total. The van der Waals surface area contributed by atoms with Gasteiger partial charge in [-0.3, -0.25) is 0 Å². The first-order valence-electron chi connectivity index (χ1n) is 7.18. The van der Waals surface area contributed by atoms with Crippen molar-refractivity contribution in [3.63, 3.8) is 0 Å². The molecule has 1 heterocycles. The highest BCUT2D eigenvalue weighted by molar-refractivity contribution is 5.93. The van der Waals surface area contributed by atoms with Gasteiger partial charge in [0.05, 0.1) is 23.7 Å². The van der Waals surface area contributed by atoms with Crippen LogP contribution in [0.4, 0.5) is 11.4 Å². The van der Waals surface area contributed by atoms with E-state index in [1.165, 1.54) is 0 Å². The van der Waals surface area contributed by atoms with Gasteiger partial charge in [-0.05, 0) is 36.4 Å². The maximum atomic E-state index is 10.9. The number of pyridine rings is 1. The van der Waals surface area contributed by atoms with Crippen LogP contribution in [0.3, 0.4) is 0 Å². The number of anilines is 2. The minimum absolute atomic E-state index is 0.264. The number of aromatic amines is 1. The zero-order chi connectivity index (χ0) is 16.4. The summed E-state index contributed by atoms with van der Waals surface area (Å²) in [4.78, 5) is 14.2. The number of carbonyl (C=O) groups is 1. The molecule has 0 aliphatic rings. The number of ether oxygens (including phenoxy) is 1. The maximum Gasteiger partial charge on any atom is 0.335 e. The number of aromatic nitrogens is 1. The van der Waals surface area contributed by atoms with Gasteiger partial charge in [-0.1, -0.05) is 0 Å². The number of benzene rings is 2. The van der Waals surface area contributed by atoms with Crippen LogP contribution in [0.5, 0.6) is 5.75 Å². The van der Waals surface area contributed by atoms with Gasteiger partial charge in [-0.15, -0.1) is 0 Å². The Balaban J connectivity index is 2.02. The quantitative estimate of drug-likeness (QED) is 0.774. The third-order valence-corrected chi connectivity index (χ3v) is 3.62. The number of hydrogen-bond donors (Lipinski definition) is 2. The molecule has 116 valence electrons. The van der Waals surface area contributed by atoms with Gasteiger partial charge in [0.2, 0.25) is 5.52 Å². The SMILES string of the molecule is COc1ccc2[nH+]c(C)cc(Nc3ccc(C(=O)O)cc3)c2c1. The van der Waals surface area contributed by atoms with Crippen molar-refractivity contribution in [1.29, 1.82) is 0 Å². The zero-order valence-corrected chi connectivity index (χ0v) is 12.9. The number of H-pyrrole nitrogens is 1. The molecule has 0 amide bonds. The molecule has 2 aromatic carbocycles. The van der Waals surface area contributed by atoms with E-state index in [0.29, 0.717) is 0 Å². The van der Waals surface area contributed by atoms with Crippen molar-refractivity contribution >= 4 is 28.2 Å². The highest BCUT2D eigenvalue weighted by Gasteiger charge is 2.11. The summed E-state index contributed by atoms with van der Waals surface area (Å²) < 4.78 is 5.29. The van der Waals surface area contributed by atoms with E-state index in [1.54, 1.807) is 31.4 Å². The molecule has 0 fully saturated rings. The van der Waals surface area contributed by atoms with Crippen molar-refractivity contribution in [2.75, 3.05) is 12.4 Å². The predicted molar refractivity (Wildman–Crippen MR) is 88.5 cm³/mol. The maximum absolute atomic E-state index is 10.9. The van der Waals surface area contributed by atoms with Crippen LogP contribution >= 0.6 is 0 Å². The molecule has 5 nitrogen and oxygen atoms in total. The van der Waals surface area contributed by atoms with Gasteiger partial charge in [-0.2, -0.15) is 0 Å². The monoisotopic (exact) mass is 309 g/mol. The number of carboxylic acid groups (broad SMARTS) is 1. The highest BCUT2D eigenvalue weighted by atomic mass is 16.5. The van der Waals surface area contributed by atoms with Gasteiger partial charge in [0.25, 0.3) is 0 Å². The Morgan fingerprint density at radius 1 is 1.13 bits per heavy atom. The van der Waals surface area contributed by atoms with E-state index in [4.69, 9.17) is 9.84 Å². The lowest BCUT2D eigenvalue weighted by Crippen LogP contribution is -2.10. The molecule has 1 aromatic heterocycles. The van der Waals surface area contributed by atoms with Crippen LogP contribution in [-0.2, 0) is 0 Å². The molecule has 23 heavy (non-hydrogen) atoms. The normalized spacial score (nSPS) is 10.5. The molecule has 0 aliphatic carbocycles. The summed E-state index contributed by atoms with van der Waals surface area (Å²) in [6.07, 6.45) is 0. The number of hydrogen-bond acceptors (Lipinski definition) is 3. The average molecular weight is 309 g/mol. The van der Waals surface area contributed by atoms with Crippen LogP contribution in [0.15, 0.2) is 48.5 Å². The first-order valence-corrected chi connectivity index (χ1v) is 7.18. The van der Waals surface area contributed by atoms with E-state index in [2.05, 4.69) is 10.3 Å². The van der Waals surface area contributed by atoms with Gasteiger partial charge < -0.3 is 15.2 Å². The number of rotatable bonds is 4. The predicted octanol–water partition coefficient (Wildman–Crippen LogP) is 3.41. The van der Waals surface area contributed by atoms with E-state index >= 15 is 0 Å². The molecular weight excluding hydrogens is 292 g/mol. The fraction of sp³-hybridized carbons (Fsp3) is 0.111. The molecule has 0 bridgehead atoms. The minimum atomic E-state index is -0.933. The van der Waals surface area contributed by atoms with E-state index in [-0.39, 0.29) is 5.56 Å². The van der Waals surface area contributed by atoms with Crippen LogP contribution in [0.25, 0.3) is 10.9 Å². The number of aryl methyl sites for hydroxylation is 1. The summed E-state index contributed by atoms with van der Waals surface area (Å²) in [7, 11) is 1.64. The standard InChI is InChI=1S/C18H16N2O3/c1-11-9-17(15-10-14(23-2)7-8-16(15)19-11)20-13-5-3-12(4-6-13)18(21)22/h3-10H,1-2H3,(H,19,20)(H,21,22)/p+1. The molecule has 0 radical (unpaired) electrons. The van der Waals surface area contributed by atoms with E-state index in [1.807, 2.05) is 31.2 Å². The summed E-state index contributed by atoms with van der Waals surface area (Å²) in [5, 5.41) is 13.3. The smallest absolute Gasteiger partial charge is 0.335 e. The van der Waals surface area contributed by atoms with E-state index in [9.17, 15) is 4.79 Å². The van der Waals surface area contributed by atoms with Gasteiger partial charge in [0.1, 0.15) is 5.75 Å². The molecule has 5 heteroatoms. The Bertz CT molecular complexity index is 873. The zero-order valence-electron chi connectivity index (χ0n) is 12.9. The van der Waals surface area contributed by atoms with Crippen LogP contribution in [0.2, 0.25) is 0 Å². The first-order chi connectivity index (χ1) is 11.1. The van der Waals surface area contributed by atoms with Gasteiger partial charge >= 0.3 is 5.97 Å². The lowest BCUT2D eigenvalue weighted by molar-refractivity contribution is -0.354. The van der Waals surface area contributed by atoms with Gasteiger partial charge in [-0.25, -0.2) is 9.78 Å². The summed E-state index contributed by atoms with van der Waals surface area (Å²) in [6, 6.07) is 14.5. The Labute approximate surface area is 133 Å². The summed E-state index contributed by atoms with van der Waals surface area (Å²) in [5.74, 6) is -0.157. The molecule has 0 saturated heterocycles. The van der Waals surface area contributed by atoms with Gasteiger partial charge in [0, 0.05) is 24.7 Å². The molecule has 0 spiro atoms. The minimum Gasteiger partial charge on any atom is -0.497 e. The van der Waals surface area contributed by atoms with Crippen LogP contribution in [-0.4, -0.2) is 18.2 Å². The molecule has 0 saturated carbocycles. The Morgan fingerprint density at radius 3 is 2.52 bits per heavy atom. The molecule has 0 aliphatic heterocycles.